The molecule has 0 bridgehead atoms. The Hall–Kier alpha value is -1.39. The van der Waals surface area contributed by atoms with Crippen LogP contribution < -0.4 is 5.32 Å². The number of benzene rings is 1. The largest absolute Gasteiger partial charge is 0.481 e. The van der Waals surface area contributed by atoms with Crippen molar-refractivity contribution in [3.05, 3.63) is 35.9 Å². The fourth-order valence-corrected chi connectivity index (χ4v) is 2.40. The number of likely N-dealkylation sites (N-methyl/N-ethyl adjacent to an activating group) is 1. The zero-order valence-electron chi connectivity index (χ0n) is 12.5. The molecule has 0 spiro atoms. The van der Waals surface area contributed by atoms with Crippen LogP contribution >= 0.6 is 0 Å². The molecule has 4 heteroatoms. The fraction of sp³-hybridized carbons (Fsp3) is 0.562. The van der Waals surface area contributed by atoms with E-state index in [9.17, 15) is 4.79 Å². The minimum Gasteiger partial charge on any atom is -0.481 e. The summed E-state index contributed by atoms with van der Waals surface area (Å²) < 4.78 is 0. The lowest BCUT2D eigenvalue weighted by Crippen LogP contribution is -2.36. The Bertz CT molecular complexity index is 377. The molecule has 0 aromatic heterocycles. The van der Waals surface area contributed by atoms with Crippen LogP contribution in [0.15, 0.2) is 30.3 Å². The monoisotopic (exact) mass is 278 g/mol. The molecule has 0 saturated heterocycles. The van der Waals surface area contributed by atoms with Crippen molar-refractivity contribution in [1.82, 2.24) is 10.2 Å². The number of carboxylic acids is 1. The maximum absolute atomic E-state index is 10.5. The Morgan fingerprint density at radius 2 is 1.90 bits per heavy atom. The molecule has 1 aromatic rings. The molecule has 4 nitrogen and oxygen atoms in total. The lowest BCUT2D eigenvalue weighted by Gasteiger charge is -2.30. The predicted octanol–water partition coefficient (Wildman–Crippen LogP) is 2.52. The Labute approximate surface area is 121 Å². The molecule has 2 N–H and O–H groups in total. The van der Waals surface area contributed by atoms with Crippen LogP contribution in [0.4, 0.5) is 0 Å². The summed E-state index contributed by atoms with van der Waals surface area (Å²) in [5.74, 6) is -0.727. The topological polar surface area (TPSA) is 52.6 Å². The van der Waals surface area contributed by atoms with Crippen LogP contribution in [-0.2, 0) is 4.79 Å². The summed E-state index contributed by atoms with van der Waals surface area (Å²) in [6.07, 6.45) is 0.906. The second kappa shape index (κ2) is 9.50. The molecule has 0 amide bonds. The van der Waals surface area contributed by atoms with Gasteiger partial charge in [-0.05, 0) is 31.6 Å². The van der Waals surface area contributed by atoms with Gasteiger partial charge in [-0.3, -0.25) is 9.69 Å². The highest BCUT2D eigenvalue weighted by Crippen LogP contribution is 2.19. The van der Waals surface area contributed by atoms with Crippen LogP contribution in [0.25, 0.3) is 0 Å². The van der Waals surface area contributed by atoms with E-state index >= 15 is 0 Å². The van der Waals surface area contributed by atoms with Gasteiger partial charge in [-0.1, -0.05) is 44.2 Å². The number of carbonyl (C=O) groups is 1. The average molecular weight is 278 g/mol. The van der Waals surface area contributed by atoms with E-state index in [0.29, 0.717) is 12.5 Å². The van der Waals surface area contributed by atoms with E-state index in [1.807, 2.05) is 6.07 Å². The predicted molar refractivity (Wildman–Crippen MR) is 81.8 cm³/mol. The van der Waals surface area contributed by atoms with Gasteiger partial charge in [0.05, 0.1) is 0 Å². The SMILES string of the molecule is CCN(CC)C(CNCCCC(=O)O)c1ccccc1. The van der Waals surface area contributed by atoms with Crippen molar-refractivity contribution in [2.75, 3.05) is 26.2 Å². The lowest BCUT2D eigenvalue weighted by atomic mass is 10.1. The minimum absolute atomic E-state index is 0.230. The van der Waals surface area contributed by atoms with Crippen LogP contribution in [-0.4, -0.2) is 42.2 Å². The highest BCUT2D eigenvalue weighted by atomic mass is 16.4. The number of nitrogens with zero attached hydrogens (tertiary/aromatic N) is 1. The van der Waals surface area contributed by atoms with Gasteiger partial charge < -0.3 is 10.4 Å². The minimum atomic E-state index is -0.727. The molecule has 112 valence electrons. The third-order valence-electron chi connectivity index (χ3n) is 3.52. The Morgan fingerprint density at radius 1 is 1.25 bits per heavy atom. The number of rotatable bonds is 10. The molecule has 1 rings (SSSR count). The van der Waals surface area contributed by atoms with Gasteiger partial charge in [-0.2, -0.15) is 0 Å². The van der Waals surface area contributed by atoms with Crippen LogP contribution in [0.5, 0.6) is 0 Å². The van der Waals surface area contributed by atoms with Crippen LogP contribution in [0.2, 0.25) is 0 Å². The molecule has 0 aliphatic rings. The van der Waals surface area contributed by atoms with Gasteiger partial charge in [0.15, 0.2) is 0 Å². The first-order chi connectivity index (χ1) is 9.69. The van der Waals surface area contributed by atoms with Crippen LogP contribution in [0.1, 0.15) is 38.3 Å². The van der Waals surface area contributed by atoms with Crippen LogP contribution in [0, 0.1) is 0 Å². The molecule has 0 radical (unpaired) electrons. The van der Waals surface area contributed by atoms with Crippen LogP contribution in [0.3, 0.4) is 0 Å². The second-order valence-electron chi connectivity index (χ2n) is 4.85. The van der Waals surface area contributed by atoms with Gasteiger partial charge in [0.1, 0.15) is 0 Å². The van der Waals surface area contributed by atoms with Crippen molar-refractivity contribution in [3.8, 4) is 0 Å². The molecule has 0 aliphatic carbocycles. The van der Waals surface area contributed by atoms with Crippen molar-refractivity contribution in [2.45, 2.75) is 32.7 Å². The molecule has 0 heterocycles. The summed E-state index contributed by atoms with van der Waals surface area (Å²) in [6.45, 7) is 7.95. The van der Waals surface area contributed by atoms with E-state index in [0.717, 1.165) is 26.2 Å². The summed E-state index contributed by atoms with van der Waals surface area (Å²) in [5, 5.41) is 12.0. The summed E-state index contributed by atoms with van der Waals surface area (Å²) in [6, 6.07) is 10.8. The summed E-state index contributed by atoms with van der Waals surface area (Å²) in [7, 11) is 0. The maximum atomic E-state index is 10.5. The standard InChI is InChI=1S/C16H26N2O2/c1-3-18(4-2)15(14-9-6-5-7-10-14)13-17-12-8-11-16(19)20/h5-7,9-10,15,17H,3-4,8,11-13H2,1-2H3,(H,19,20). The Kier molecular flexibility index (Phi) is 7.92. The maximum Gasteiger partial charge on any atom is 0.303 e. The first-order valence-electron chi connectivity index (χ1n) is 7.40. The third kappa shape index (κ3) is 5.72. The van der Waals surface area contributed by atoms with E-state index in [1.54, 1.807) is 0 Å². The number of nitrogens with one attached hydrogen (secondary N) is 1. The van der Waals surface area contributed by atoms with E-state index in [1.165, 1.54) is 5.56 Å². The summed E-state index contributed by atoms with van der Waals surface area (Å²) in [4.78, 5) is 12.9. The fourth-order valence-electron chi connectivity index (χ4n) is 2.40. The number of hydrogen-bond donors (Lipinski definition) is 2. The zero-order chi connectivity index (χ0) is 14.8. The molecular formula is C16H26N2O2. The van der Waals surface area contributed by atoms with Crippen molar-refractivity contribution >= 4 is 5.97 Å². The quantitative estimate of drug-likeness (QED) is 0.646. The van der Waals surface area contributed by atoms with E-state index < -0.39 is 5.97 Å². The third-order valence-corrected chi connectivity index (χ3v) is 3.52. The van der Waals surface area contributed by atoms with Gasteiger partial charge in [-0.25, -0.2) is 0 Å². The van der Waals surface area contributed by atoms with Crippen molar-refractivity contribution in [1.29, 1.82) is 0 Å². The number of carboxylic acid groups (broad SMARTS) is 1. The molecule has 1 unspecified atom stereocenters. The highest BCUT2D eigenvalue weighted by Gasteiger charge is 2.16. The van der Waals surface area contributed by atoms with E-state index in [2.05, 4.69) is 48.3 Å². The summed E-state index contributed by atoms with van der Waals surface area (Å²) in [5.41, 5.74) is 1.31. The molecule has 0 saturated carbocycles. The van der Waals surface area contributed by atoms with Crippen molar-refractivity contribution in [2.24, 2.45) is 0 Å². The number of aliphatic carboxylic acids is 1. The number of hydrogen-bond acceptors (Lipinski definition) is 3. The van der Waals surface area contributed by atoms with E-state index in [-0.39, 0.29) is 6.42 Å². The molecule has 1 atom stereocenters. The first kappa shape index (κ1) is 16.7. The van der Waals surface area contributed by atoms with Gasteiger partial charge in [0, 0.05) is 19.0 Å². The molecular weight excluding hydrogens is 252 g/mol. The highest BCUT2D eigenvalue weighted by molar-refractivity contribution is 5.66. The molecule has 20 heavy (non-hydrogen) atoms. The first-order valence-corrected chi connectivity index (χ1v) is 7.40. The average Bonchev–Trinajstić information content (AvgIpc) is 2.46. The summed E-state index contributed by atoms with van der Waals surface area (Å²) >= 11 is 0. The van der Waals surface area contributed by atoms with Gasteiger partial charge in [0.25, 0.3) is 0 Å². The Balaban J connectivity index is 2.53. The lowest BCUT2D eigenvalue weighted by molar-refractivity contribution is -0.137. The Morgan fingerprint density at radius 3 is 2.45 bits per heavy atom. The van der Waals surface area contributed by atoms with E-state index in [4.69, 9.17) is 5.11 Å². The molecule has 1 aromatic carbocycles. The van der Waals surface area contributed by atoms with Crippen molar-refractivity contribution < 1.29 is 9.90 Å². The van der Waals surface area contributed by atoms with Gasteiger partial charge in [0.2, 0.25) is 0 Å². The van der Waals surface area contributed by atoms with Gasteiger partial charge in [-0.15, -0.1) is 0 Å². The second-order valence-corrected chi connectivity index (χ2v) is 4.85. The normalized spacial score (nSPS) is 12.6. The zero-order valence-corrected chi connectivity index (χ0v) is 12.5. The van der Waals surface area contributed by atoms with Crippen molar-refractivity contribution in [3.63, 3.8) is 0 Å². The van der Waals surface area contributed by atoms with Gasteiger partial charge >= 0.3 is 5.97 Å². The smallest absolute Gasteiger partial charge is 0.303 e. The molecule has 0 fully saturated rings. The molecule has 0 aliphatic heterocycles.